The van der Waals surface area contributed by atoms with Gasteiger partial charge in [0.1, 0.15) is 17.9 Å². The van der Waals surface area contributed by atoms with Gasteiger partial charge in [-0.1, -0.05) is 23.8 Å². The van der Waals surface area contributed by atoms with Crippen molar-refractivity contribution >= 4 is 22.8 Å². The lowest BCUT2D eigenvalue weighted by Gasteiger charge is -2.33. The summed E-state index contributed by atoms with van der Waals surface area (Å²) in [4.78, 5) is 23.9. The van der Waals surface area contributed by atoms with Crippen molar-refractivity contribution in [2.75, 3.05) is 18.0 Å². The van der Waals surface area contributed by atoms with Crippen LogP contribution < -0.4 is 10.2 Å². The number of rotatable bonds is 4. The first-order valence-electron chi connectivity index (χ1n) is 10.2. The third-order valence-electron chi connectivity index (χ3n) is 5.99. The molecule has 2 aromatic heterocycles. The number of hydrogen-bond donors (Lipinski definition) is 1. The molecule has 3 heterocycles. The number of anilines is 1. The highest BCUT2D eigenvalue weighted by atomic mass is 16.3. The highest BCUT2D eigenvalue weighted by molar-refractivity contribution is 5.90. The molecule has 1 unspecified atom stereocenters. The quantitative estimate of drug-likeness (QED) is 0.727. The Kier molecular flexibility index (Phi) is 5.26. The maximum absolute atomic E-state index is 12.9. The summed E-state index contributed by atoms with van der Waals surface area (Å²) < 4.78 is 5.76. The van der Waals surface area contributed by atoms with Crippen molar-refractivity contribution < 1.29 is 9.21 Å². The van der Waals surface area contributed by atoms with E-state index in [-0.39, 0.29) is 11.8 Å². The van der Waals surface area contributed by atoms with E-state index in [4.69, 9.17) is 4.42 Å². The van der Waals surface area contributed by atoms with Gasteiger partial charge in [-0.25, -0.2) is 9.97 Å². The topological polar surface area (TPSA) is 71.3 Å². The lowest BCUT2D eigenvalue weighted by molar-refractivity contribution is -0.125. The lowest BCUT2D eigenvalue weighted by atomic mass is 9.96. The second-order valence-corrected chi connectivity index (χ2v) is 8.09. The molecule has 1 atom stereocenters. The van der Waals surface area contributed by atoms with Gasteiger partial charge in [0.15, 0.2) is 0 Å². The molecule has 1 aliphatic rings. The minimum Gasteiger partial charge on any atom is -0.443 e. The molecule has 1 aromatic carbocycles. The van der Waals surface area contributed by atoms with Crippen LogP contribution >= 0.6 is 0 Å². The Hall–Kier alpha value is -2.89. The summed E-state index contributed by atoms with van der Waals surface area (Å²) in [6, 6.07) is 6.35. The van der Waals surface area contributed by atoms with Crippen molar-refractivity contribution in [3.05, 3.63) is 52.5 Å². The summed E-state index contributed by atoms with van der Waals surface area (Å²) in [6.07, 6.45) is 3.40. The van der Waals surface area contributed by atoms with E-state index in [9.17, 15) is 4.79 Å². The van der Waals surface area contributed by atoms with Gasteiger partial charge in [0.25, 0.3) is 0 Å². The van der Waals surface area contributed by atoms with E-state index >= 15 is 0 Å². The molecule has 152 valence electrons. The molecule has 0 bridgehead atoms. The van der Waals surface area contributed by atoms with Gasteiger partial charge < -0.3 is 14.6 Å². The molecule has 1 aliphatic heterocycles. The fourth-order valence-electron chi connectivity index (χ4n) is 4.10. The van der Waals surface area contributed by atoms with E-state index in [0.29, 0.717) is 18.8 Å². The zero-order valence-electron chi connectivity index (χ0n) is 17.6. The van der Waals surface area contributed by atoms with Gasteiger partial charge in [0.05, 0.1) is 11.3 Å². The van der Waals surface area contributed by atoms with Crippen LogP contribution in [-0.2, 0) is 11.3 Å². The van der Waals surface area contributed by atoms with Crippen molar-refractivity contribution in [1.82, 2.24) is 15.3 Å². The number of aromatic nitrogens is 2. The number of fused-ring (bicyclic) bond motifs is 1. The van der Waals surface area contributed by atoms with Gasteiger partial charge in [0.2, 0.25) is 11.6 Å². The molecule has 6 heteroatoms. The number of carbonyl (C=O) groups is 1. The van der Waals surface area contributed by atoms with Crippen molar-refractivity contribution in [3.8, 4) is 0 Å². The molecule has 1 saturated heterocycles. The minimum atomic E-state index is -0.0489. The van der Waals surface area contributed by atoms with E-state index in [1.807, 2.05) is 13.8 Å². The van der Waals surface area contributed by atoms with Crippen LogP contribution in [0.25, 0.3) is 11.1 Å². The SMILES string of the molecule is Cc1ccc(C)c(CNC(=O)C2CCCN(c3ncnc4oc(C)c(C)c34)C2)c1. The van der Waals surface area contributed by atoms with Gasteiger partial charge in [-0.15, -0.1) is 0 Å². The van der Waals surface area contributed by atoms with Crippen LogP contribution in [0.5, 0.6) is 0 Å². The third kappa shape index (κ3) is 3.84. The molecule has 0 spiro atoms. The third-order valence-corrected chi connectivity index (χ3v) is 5.99. The number of benzene rings is 1. The summed E-state index contributed by atoms with van der Waals surface area (Å²) in [5.74, 6) is 1.80. The number of carbonyl (C=O) groups excluding carboxylic acids is 1. The van der Waals surface area contributed by atoms with Crippen molar-refractivity contribution in [2.24, 2.45) is 5.92 Å². The number of aryl methyl sites for hydroxylation is 4. The van der Waals surface area contributed by atoms with Crippen LogP contribution in [0, 0.1) is 33.6 Å². The van der Waals surface area contributed by atoms with Crippen LogP contribution in [0.4, 0.5) is 5.82 Å². The maximum Gasteiger partial charge on any atom is 0.231 e. The second kappa shape index (κ2) is 7.85. The number of nitrogens with one attached hydrogen (secondary N) is 1. The van der Waals surface area contributed by atoms with E-state index in [1.165, 1.54) is 16.7 Å². The summed E-state index contributed by atoms with van der Waals surface area (Å²) in [5.41, 5.74) is 5.27. The van der Waals surface area contributed by atoms with Crippen molar-refractivity contribution in [2.45, 2.75) is 47.1 Å². The van der Waals surface area contributed by atoms with Gasteiger partial charge in [-0.05, 0) is 51.7 Å². The zero-order valence-corrected chi connectivity index (χ0v) is 17.6. The Morgan fingerprint density at radius 3 is 2.90 bits per heavy atom. The number of furan rings is 1. The van der Waals surface area contributed by atoms with Crippen LogP contribution in [0.15, 0.2) is 28.9 Å². The Morgan fingerprint density at radius 1 is 1.24 bits per heavy atom. The van der Waals surface area contributed by atoms with E-state index in [0.717, 1.165) is 41.9 Å². The number of piperidine rings is 1. The van der Waals surface area contributed by atoms with Crippen LogP contribution in [0.1, 0.15) is 40.9 Å². The molecule has 4 rings (SSSR count). The normalized spacial score (nSPS) is 17.0. The second-order valence-electron chi connectivity index (χ2n) is 8.09. The van der Waals surface area contributed by atoms with E-state index in [2.05, 4.69) is 52.2 Å². The number of amides is 1. The molecule has 1 amide bonds. The average Bonchev–Trinajstić information content (AvgIpc) is 3.02. The van der Waals surface area contributed by atoms with Gasteiger partial charge in [-0.2, -0.15) is 0 Å². The van der Waals surface area contributed by atoms with E-state index < -0.39 is 0 Å². The largest absolute Gasteiger partial charge is 0.443 e. The molecule has 6 nitrogen and oxygen atoms in total. The fraction of sp³-hybridized carbons (Fsp3) is 0.435. The summed E-state index contributed by atoms with van der Waals surface area (Å²) in [5, 5.41) is 4.10. The first-order chi connectivity index (χ1) is 13.9. The lowest BCUT2D eigenvalue weighted by Crippen LogP contribution is -2.43. The summed E-state index contributed by atoms with van der Waals surface area (Å²) in [6.45, 7) is 10.3. The summed E-state index contributed by atoms with van der Waals surface area (Å²) in [7, 11) is 0. The summed E-state index contributed by atoms with van der Waals surface area (Å²) >= 11 is 0. The average molecular weight is 393 g/mol. The Bertz CT molecular complexity index is 1060. The highest BCUT2D eigenvalue weighted by Gasteiger charge is 2.28. The van der Waals surface area contributed by atoms with E-state index in [1.54, 1.807) is 6.33 Å². The monoisotopic (exact) mass is 392 g/mol. The molecule has 1 fully saturated rings. The van der Waals surface area contributed by atoms with Gasteiger partial charge >= 0.3 is 0 Å². The Balaban J connectivity index is 1.49. The molecule has 0 radical (unpaired) electrons. The fourth-order valence-corrected chi connectivity index (χ4v) is 4.10. The molecule has 29 heavy (non-hydrogen) atoms. The standard InChI is InChI=1S/C23H28N4O2/c1-14-7-8-15(2)19(10-14)11-24-22(28)18-6-5-9-27(12-18)21-20-16(3)17(4)29-23(20)26-13-25-21/h7-8,10,13,18H,5-6,9,11-12H2,1-4H3,(H,24,28). The maximum atomic E-state index is 12.9. The predicted octanol–water partition coefficient (Wildman–Crippen LogP) is 3.99. The van der Waals surface area contributed by atoms with Gasteiger partial charge in [0, 0.05) is 25.2 Å². The van der Waals surface area contributed by atoms with Crippen molar-refractivity contribution in [1.29, 1.82) is 0 Å². The van der Waals surface area contributed by atoms with Crippen LogP contribution in [-0.4, -0.2) is 29.0 Å². The smallest absolute Gasteiger partial charge is 0.231 e. The van der Waals surface area contributed by atoms with Crippen molar-refractivity contribution in [3.63, 3.8) is 0 Å². The molecule has 3 aromatic rings. The van der Waals surface area contributed by atoms with Crippen LogP contribution in [0.3, 0.4) is 0 Å². The number of hydrogen-bond acceptors (Lipinski definition) is 5. The molecule has 0 aliphatic carbocycles. The number of nitrogens with zero attached hydrogens (tertiary/aromatic N) is 3. The molecular formula is C23H28N4O2. The molecule has 0 saturated carbocycles. The predicted molar refractivity (Wildman–Crippen MR) is 114 cm³/mol. The Labute approximate surface area is 171 Å². The zero-order chi connectivity index (χ0) is 20.5. The van der Waals surface area contributed by atoms with Crippen LogP contribution in [0.2, 0.25) is 0 Å². The molecule has 1 N–H and O–H groups in total. The highest BCUT2D eigenvalue weighted by Crippen LogP contribution is 2.32. The van der Waals surface area contributed by atoms with Gasteiger partial charge in [-0.3, -0.25) is 4.79 Å². The Morgan fingerprint density at radius 2 is 2.07 bits per heavy atom. The first kappa shape index (κ1) is 19.4. The first-order valence-corrected chi connectivity index (χ1v) is 10.2. The minimum absolute atomic E-state index is 0.0489. The molecular weight excluding hydrogens is 364 g/mol.